The second-order valence-corrected chi connectivity index (χ2v) is 5.70. The van der Waals surface area contributed by atoms with Crippen LogP contribution in [0.1, 0.15) is 92.8 Å². The van der Waals surface area contributed by atoms with Crippen molar-refractivity contribution in [3.8, 4) is 0 Å². The molecule has 0 aliphatic rings. The molecule has 0 heterocycles. The topological polar surface area (TPSA) is 72.8 Å². The van der Waals surface area contributed by atoms with Gasteiger partial charge in [-0.3, -0.25) is 9.59 Å². The molecule has 0 radical (unpaired) electrons. The Morgan fingerprint density at radius 1 is 0.708 bits per heavy atom. The summed E-state index contributed by atoms with van der Waals surface area (Å²) in [7, 11) is 0. The molecule has 0 aromatic carbocycles. The third-order valence-electron chi connectivity index (χ3n) is 3.40. The van der Waals surface area contributed by atoms with Gasteiger partial charge in [0.25, 0.3) is 0 Å². The van der Waals surface area contributed by atoms with Crippen LogP contribution >= 0.6 is 0 Å². The van der Waals surface area contributed by atoms with Gasteiger partial charge in [0.05, 0.1) is 13.2 Å². The summed E-state index contributed by atoms with van der Waals surface area (Å²) in [6.45, 7) is 7.19. The van der Waals surface area contributed by atoms with Crippen LogP contribution in [0.5, 0.6) is 0 Å². The maximum absolute atomic E-state index is 10.7. The Bertz CT molecular complexity index is 257. The predicted octanol–water partition coefficient (Wildman–Crippen LogP) is 4.51. The summed E-state index contributed by atoms with van der Waals surface area (Å²) in [6, 6.07) is 0. The van der Waals surface area contributed by atoms with Crippen LogP contribution in [0.15, 0.2) is 0 Å². The first-order valence-corrected chi connectivity index (χ1v) is 9.54. The van der Waals surface area contributed by atoms with Gasteiger partial charge in [0.2, 0.25) is 0 Å². The van der Waals surface area contributed by atoms with E-state index >= 15 is 0 Å². The number of hydrogen-bond donors (Lipinski definition) is 1. The van der Waals surface area contributed by atoms with Gasteiger partial charge in [0.15, 0.2) is 0 Å². The quantitative estimate of drug-likeness (QED) is 0.369. The lowest BCUT2D eigenvalue weighted by Crippen LogP contribution is -2.03. The van der Waals surface area contributed by atoms with E-state index in [1.807, 2.05) is 6.92 Å². The summed E-state index contributed by atoms with van der Waals surface area (Å²) < 4.78 is 9.80. The SMILES string of the molecule is CCC(=O)OCCCCCCO.CCCCCCCOC(=O)CC.[H+]. The fourth-order valence-corrected chi connectivity index (χ4v) is 1.85. The van der Waals surface area contributed by atoms with Gasteiger partial charge in [0.1, 0.15) is 0 Å². The van der Waals surface area contributed by atoms with E-state index in [-0.39, 0.29) is 20.0 Å². The van der Waals surface area contributed by atoms with Crippen molar-refractivity contribution in [2.24, 2.45) is 0 Å². The van der Waals surface area contributed by atoms with Crippen LogP contribution in [-0.2, 0) is 19.1 Å². The zero-order valence-electron chi connectivity index (χ0n) is 17.0. The van der Waals surface area contributed by atoms with Crippen molar-refractivity contribution in [1.29, 1.82) is 0 Å². The minimum atomic E-state index is -0.128. The van der Waals surface area contributed by atoms with Gasteiger partial charge in [-0.05, 0) is 25.7 Å². The van der Waals surface area contributed by atoms with Crippen molar-refractivity contribution in [3.63, 3.8) is 0 Å². The molecule has 144 valence electrons. The Labute approximate surface area is 149 Å². The van der Waals surface area contributed by atoms with Crippen LogP contribution in [0, 0.1) is 0 Å². The lowest BCUT2D eigenvalue weighted by molar-refractivity contribution is -0.144. The molecule has 24 heavy (non-hydrogen) atoms. The number of aliphatic hydroxyl groups excluding tert-OH is 1. The van der Waals surface area contributed by atoms with Crippen molar-refractivity contribution in [2.45, 2.75) is 91.4 Å². The second-order valence-electron chi connectivity index (χ2n) is 5.70. The largest absolute Gasteiger partial charge is 1.00 e. The van der Waals surface area contributed by atoms with E-state index in [0.29, 0.717) is 26.1 Å². The van der Waals surface area contributed by atoms with Crippen LogP contribution in [0.4, 0.5) is 0 Å². The standard InChI is InChI=1S/C10H20O2.C9H18O3/c1-3-5-6-7-8-9-12-10(11)4-2;1-2-9(11)12-8-6-4-3-5-7-10/h3-9H2,1-2H3;10H,2-8H2,1H3/p+1. The summed E-state index contributed by atoms with van der Waals surface area (Å²) in [5.41, 5.74) is 0. The lowest BCUT2D eigenvalue weighted by atomic mass is 10.2. The Morgan fingerprint density at radius 2 is 1.12 bits per heavy atom. The predicted molar refractivity (Wildman–Crippen MR) is 97.9 cm³/mol. The number of hydrogen-bond acceptors (Lipinski definition) is 5. The van der Waals surface area contributed by atoms with Gasteiger partial charge >= 0.3 is 13.4 Å². The van der Waals surface area contributed by atoms with Crippen LogP contribution < -0.4 is 0 Å². The molecule has 0 rings (SSSR count). The first-order valence-electron chi connectivity index (χ1n) is 9.54. The number of carbonyl (C=O) groups is 2. The highest BCUT2D eigenvalue weighted by Gasteiger charge is 1.97. The van der Waals surface area contributed by atoms with Gasteiger partial charge in [0, 0.05) is 19.4 Å². The summed E-state index contributed by atoms with van der Waals surface area (Å²) in [5, 5.41) is 8.46. The second kappa shape index (κ2) is 21.9. The minimum absolute atomic E-state index is 0. The van der Waals surface area contributed by atoms with Gasteiger partial charge < -0.3 is 14.6 Å². The number of aliphatic hydroxyl groups is 1. The summed E-state index contributed by atoms with van der Waals surface area (Å²) in [5.74, 6) is -0.206. The molecule has 0 amide bonds. The molecule has 5 heteroatoms. The maximum Gasteiger partial charge on any atom is 1.00 e. The molecule has 0 aromatic heterocycles. The summed E-state index contributed by atoms with van der Waals surface area (Å²) >= 11 is 0. The Balaban J connectivity index is -0.000000372. The highest BCUT2D eigenvalue weighted by molar-refractivity contribution is 5.69. The molecule has 0 fully saturated rings. The Hall–Kier alpha value is -1.10. The number of carbonyl (C=O) groups excluding carboxylic acids is 2. The lowest BCUT2D eigenvalue weighted by Gasteiger charge is -2.02. The third-order valence-corrected chi connectivity index (χ3v) is 3.40. The smallest absolute Gasteiger partial charge is 0.466 e. The van der Waals surface area contributed by atoms with E-state index in [9.17, 15) is 9.59 Å². The first kappa shape index (κ1) is 25.1. The molecule has 0 aliphatic heterocycles. The van der Waals surface area contributed by atoms with E-state index in [2.05, 4.69) is 6.92 Å². The highest BCUT2D eigenvalue weighted by atomic mass is 16.5. The molecular formula is C19H39O5+. The van der Waals surface area contributed by atoms with Crippen molar-refractivity contribution in [2.75, 3.05) is 19.8 Å². The fourth-order valence-electron chi connectivity index (χ4n) is 1.85. The normalized spacial score (nSPS) is 9.83. The Morgan fingerprint density at radius 3 is 1.50 bits per heavy atom. The van der Waals surface area contributed by atoms with Crippen LogP contribution in [0.2, 0.25) is 0 Å². The Kier molecular flexibility index (Phi) is 22.9. The average Bonchev–Trinajstić information content (AvgIpc) is 2.61. The van der Waals surface area contributed by atoms with Crippen LogP contribution in [0.25, 0.3) is 0 Å². The molecule has 0 bridgehead atoms. The van der Waals surface area contributed by atoms with Gasteiger partial charge in [-0.1, -0.05) is 52.9 Å². The molecule has 0 saturated carbocycles. The molecular weight excluding hydrogens is 308 g/mol. The first-order chi connectivity index (χ1) is 11.6. The monoisotopic (exact) mass is 347 g/mol. The molecule has 0 atom stereocenters. The fraction of sp³-hybridized carbons (Fsp3) is 0.895. The molecule has 1 N–H and O–H groups in total. The van der Waals surface area contributed by atoms with Crippen molar-refractivity contribution < 1.29 is 25.6 Å². The van der Waals surface area contributed by atoms with E-state index in [1.165, 1.54) is 25.7 Å². The minimum Gasteiger partial charge on any atom is -0.466 e. The third kappa shape index (κ3) is 23.2. The van der Waals surface area contributed by atoms with Crippen molar-refractivity contribution in [1.82, 2.24) is 0 Å². The number of unbranched alkanes of at least 4 members (excludes halogenated alkanes) is 7. The van der Waals surface area contributed by atoms with Gasteiger partial charge in [-0.2, -0.15) is 0 Å². The number of esters is 2. The van der Waals surface area contributed by atoms with E-state index < -0.39 is 0 Å². The zero-order valence-corrected chi connectivity index (χ0v) is 16.0. The molecule has 0 saturated heterocycles. The van der Waals surface area contributed by atoms with Gasteiger partial charge in [-0.15, -0.1) is 0 Å². The van der Waals surface area contributed by atoms with Crippen LogP contribution in [0.3, 0.4) is 0 Å². The summed E-state index contributed by atoms with van der Waals surface area (Å²) in [6.07, 6.45) is 10.8. The molecule has 0 aliphatic carbocycles. The molecule has 0 unspecified atom stereocenters. The number of ether oxygens (including phenoxy) is 2. The average molecular weight is 348 g/mol. The zero-order chi connectivity index (χ0) is 18.5. The van der Waals surface area contributed by atoms with Crippen LogP contribution in [-0.4, -0.2) is 36.9 Å². The van der Waals surface area contributed by atoms with E-state index in [4.69, 9.17) is 14.6 Å². The molecule has 5 nitrogen and oxygen atoms in total. The highest BCUT2D eigenvalue weighted by Crippen LogP contribution is 2.02. The van der Waals surface area contributed by atoms with E-state index in [0.717, 1.165) is 32.1 Å². The number of rotatable bonds is 14. The van der Waals surface area contributed by atoms with Gasteiger partial charge in [-0.25, -0.2) is 0 Å². The molecule has 0 spiro atoms. The molecule has 0 aromatic rings. The maximum atomic E-state index is 10.7. The van der Waals surface area contributed by atoms with Crippen molar-refractivity contribution in [3.05, 3.63) is 0 Å². The van der Waals surface area contributed by atoms with E-state index in [1.54, 1.807) is 6.92 Å². The summed E-state index contributed by atoms with van der Waals surface area (Å²) in [4.78, 5) is 21.3. The van der Waals surface area contributed by atoms with Crippen molar-refractivity contribution >= 4 is 11.9 Å².